The second-order valence-corrected chi connectivity index (χ2v) is 11.6. The van der Waals surface area contributed by atoms with Crippen LogP contribution in [0.5, 0.6) is 0 Å². The van der Waals surface area contributed by atoms with Gasteiger partial charge in [-0.15, -0.1) is 0 Å². The molecule has 0 aromatic heterocycles. The fraction of sp³-hybridized carbons (Fsp3) is 0.600. The third-order valence-corrected chi connectivity index (χ3v) is 8.65. The van der Waals surface area contributed by atoms with Crippen LogP contribution in [0.1, 0.15) is 26.3 Å². The molecule has 0 spiro atoms. The highest BCUT2D eigenvalue weighted by molar-refractivity contribution is 6.74. The van der Waals surface area contributed by atoms with Crippen molar-refractivity contribution in [3.63, 3.8) is 0 Å². The number of hydrogen-bond acceptors (Lipinski definition) is 2. The van der Waals surface area contributed by atoms with Gasteiger partial charge in [-0.2, -0.15) is 13.2 Å². The SMILES string of the molecule is CC(C)(C)[Si](C)(C)OCC(O)(c1ccccc1)C(F)(F)F. The van der Waals surface area contributed by atoms with Gasteiger partial charge in [0.05, 0.1) is 6.61 Å². The Balaban J connectivity index is 3.08. The third kappa shape index (κ3) is 3.87. The van der Waals surface area contributed by atoms with Crippen molar-refractivity contribution in [1.82, 2.24) is 0 Å². The molecular weight excluding hydrogens is 297 g/mol. The maximum Gasteiger partial charge on any atom is 0.423 e. The van der Waals surface area contributed by atoms with E-state index in [0.29, 0.717) is 0 Å². The number of hydrogen-bond donors (Lipinski definition) is 1. The predicted molar refractivity (Wildman–Crippen MR) is 79.5 cm³/mol. The summed E-state index contributed by atoms with van der Waals surface area (Å²) in [5.74, 6) is 0. The van der Waals surface area contributed by atoms with Crippen molar-refractivity contribution in [2.75, 3.05) is 6.61 Å². The van der Waals surface area contributed by atoms with Crippen LogP contribution in [0.4, 0.5) is 13.2 Å². The zero-order valence-corrected chi connectivity index (χ0v) is 14.1. The molecule has 2 nitrogen and oxygen atoms in total. The Morgan fingerprint density at radius 2 is 1.52 bits per heavy atom. The van der Waals surface area contributed by atoms with Crippen LogP contribution in [0, 0.1) is 0 Å². The molecule has 1 atom stereocenters. The molecule has 1 unspecified atom stereocenters. The largest absolute Gasteiger partial charge is 0.423 e. The summed E-state index contributed by atoms with van der Waals surface area (Å²) in [5.41, 5.74) is -3.18. The average Bonchev–Trinajstić information content (AvgIpc) is 2.34. The summed E-state index contributed by atoms with van der Waals surface area (Å²) >= 11 is 0. The van der Waals surface area contributed by atoms with E-state index < -0.39 is 26.7 Å². The maximum atomic E-state index is 13.3. The first-order chi connectivity index (χ1) is 9.31. The zero-order chi connectivity index (χ0) is 16.5. The minimum atomic E-state index is -4.79. The first-order valence-electron chi connectivity index (χ1n) is 6.80. The monoisotopic (exact) mass is 320 g/mol. The molecule has 0 radical (unpaired) electrons. The molecule has 0 amide bonds. The van der Waals surface area contributed by atoms with E-state index in [4.69, 9.17) is 4.43 Å². The van der Waals surface area contributed by atoms with E-state index >= 15 is 0 Å². The lowest BCUT2D eigenvalue weighted by Gasteiger charge is -2.40. The topological polar surface area (TPSA) is 29.5 Å². The van der Waals surface area contributed by atoms with Gasteiger partial charge in [0.25, 0.3) is 0 Å². The summed E-state index contributed by atoms with van der Waals surface area (Å²) in [6.07, 6.45) is -4.79. The minimum absolute atomic E-state index is 0.198. The Hall–Kier alpha value is -0.853. The Morgan fingerprint density at radius 3 is 1.90 bits per heavy atom. The summed E-state index contributed by atoms with van der Waals surface area (Å²) in [7, 11) is -2.39. The molecular formula is C15H23F3O2Si. The van der Waals surface area contributed by atoms with E-state index in [0.717, 1.165) is 0 Å². The first-order valence-corrected chi connectivity index (χ1v) is 9.71. The maximum absolute atomic E-state index is 13.3. The van der Waals surface area contributed by atoms with Crippen molar-refractivity contribution in [1.29, 1.82) is 0 Å². The van der Waals surface area contributed by atoms with E-state index in [-0.39, 0.29) is 10.6 Å². The quantitative estimate of drug-likeness (QED) is 0.830. The fourth-order valence-electron chi connectivity index (χ4n) is 1.54. The highest BCUT2D eigenvalue weighted by Crippen LogP contribution is 2.42. The molecule has 0 aliphatic rings. The molecule has 21 heavy (non-hydrogen) atoms. The summed E-state index contributed by atoms with van der Waals surface area (Å²) in [6.45, 7) is 8.75. The van der Waals surface area contributed by atoms with Gasteiger partial charge in [-0.25, -0.2) is 0 Å². The van der Waals surface area contributed by atoms with Crippen LogP contribution in [0.15, 0.2) is 30.3 Å². The molecule has 0 saturated carbocycles. The van der Waals surface area contributed by atoms with E-state index in [2.05, 4.69) is 0 Å². The molecule has 0 saturated heterocycles. The molecule has 6 heteroatoms. The molecule has 0 fully saturated rings. The van der Waals surface area contributed by atoms with Crippen LogP contribution in [0.2, 0.25) is 18.1 Å². The fourth-order valence-corrected chi connectivity index (χ4v) is 2.55. The van der Waals surface area contributed by atoms with Crippen molar-refractivity contribution in [3.05, 3.63) is 35.9 Å². The van der Waals surface area contributed by atoms with E-state index in [9.17, 15) is 18.3 Å². The normalized spacial score (nSPS) is 16.6. The molecule has 1 aromatic rings. The van der Waals surface area contributed by atoms with Gasteiger partial charge in [-0.3, -0.25) is 0 Å². The highest BCUT2D eigenvalue weighted by atomic mass is 28.4. The predicted octanol–water partition coefficient (Wildman–Crippen LogP) is 4.46. The molecule has 0 aliphatic heterocycles. The Bertz CT molecular complexity index is 466. The lowest BCUT2D eigenvalue weighted by Crippen LogP contribution is -2.51. The van der Waals surface area contributed by atoms with Crippen LogP contribution in [0.3, 0.4) is 0 Å². The molecule has 0 bridgehead atoms. The lowest BCUT2D eigenvalue weighted by molar-refractivity contribution is -0.276. The molecule has 0 heterocycles. The van der Waals surface area contributed by atoms with Gasteiger partial charge in [-0.05, 0) is 23.7 Å². The minimum Gasteiger partial charge on any atom is -0.413 e. The molecule has 0 aliphatic carbocycles. The highest BCUT2D eigenvalue weighted by Gasteiger charge is 2.56. The molecule has 1 aromatic carbocycles. The Morgan fingerprint density at radius 1 is 1.05 bits per heavy atom. The Kier molecular flexibility index (Phi) is 4.97. The van der Waals surface area contributed by atoms with Gasteiger partial charge in [-0.1, -0.05) is 51.1 Å². The second kappa shape index (κ2) is 5.74. The van der Waals surface area contributed by atoms with Crippen LogP contribution in [-0.4, -0.2) is 26.2 Å². The van der Waals surface area contributed by atoms with Gasteiger partial charge < -0.3 is 9.53 Å². The van der Waals surface area contributed by atoms with Crippen molar-refractivity contribution in [2.24, 2.45) is 0 Å². The van der Waals surface area contributed by atoms with Crippen LogP contribution in [-0.2, 0) is 10.0 Å². The second-order valence-electron chi connectivity index (χ2n) is 6.77. The van der Waals surface area contributed by atoms with Gasteiger partial charge >= 0.3 is 6.18 Å². The summed E-state index contributed by atoms with van der Waals surface area (Å²) < 4.78 is 45.7. The average molecular weight is 320 g/mol. The van der Waals surface area contributed by atoms with E-state index in [1.807, 2.05) is 33.9 Å². The van der Waals surface area contributed by atoms with Gasteiger partial charge in [0.2, 0.25) is 5.60 Å². The number of aliphatic hydroxyl groups is 1. The van der Waals surface area contributed by atoms with E-state index in [1.54, 1.807) is 6.07 Å². The number of alkyl halides is 3. The number of rotatable bonds is 4. The third-order valence-electron chi connectivity index (χ3n) is 4.17. The lowest BCUT2D eigenvalue weighted by atomic mass is 9.94. The van der Waals surface area contributed by atoms with Gasteiger partial charge in [0, 0.05) is 0 Å². The van der Waals surface area contributed by atoms with Crippen LogP contribution in [0.25, 0.3) is 0 Å². The van der Waals surface area contributed by atoms with Gasteiger partial charge in [0.15, 0.2) is 8.32 Å². The van der Waals surface area contributed by atoms with Crippen LogP contribution >= 0.6 is 0 Å². The molecule has 120 valence electrons. The number of benzene rings is 1. The van der Waals surface area contributed by atoms with Crippen molar-refractivity contribution < 1.29 is 22.7 Å². The zero-order valence-electron chi connectivity index (χ0n) is 13.1. The molecule has 1 rings (SSSR count). The standard InChI is InChI=1S/C15H23F3O2Si/c1-13(2,3)21(4,5)20-11-14(19,15(16,17)18)12-9-7-6-8-10-12/h6-10,19H,11H2,1-5H3. The first kappa shape index (κ1) is 18.2. The smallest absolute Gasteiger partial charge is 0.413 e. The van der Waals surface area contributed by atoms with E-state index in [1.165, 1.54) is 24.3 Å². The molecule has 1 N–H and O–H groups in total. The Labute approximate surface area is 125 Å². The van der Waals surface area contributed by atoms with Crippen molar-refractivity contribution >= 4 is 8.32 Å². The van der Waals surface area contributed by atoms with Crippen LogP contribution < -0.4 is 0 Å². The number of halogens is 3. The van der Waals surface area contributed by atoms with Crippen molar-refractivity contribution in [3.8, 4) is 0 Å². The summed E-state index contributed by atoms with van der Waals surface area (Å²) in [6, 6.07) is 7.08. The van der Waals surface area contributed by atoms with Crippen molar-refractivity contribution in [2.45, 2.75) is 50.7 Å². The summed E-state index contributed by atoms with van der Waals surface area (Å²) in [5, 5.41) is 9.99. The van der Waals surface area contributed by atoms with Gasteiger partial charge in [0.1, 0.15) is 0 Å². The summed E-state index contributed by atoms with van der Waals surface area (Å²) in [4.78, 5) is 0.